The maximum Gasteiger partial charge on any atom is 0.243 e. The predicted octanol–water partition coefficient (Wildman–Crippen LogP) is 2.53. The fourth-order valence-electron chi connectivity index (χ4n) is 4.03. The summed E-state index contributed by atoms with van der Waals surface area (Å²) >= 11 is 6.03. The van der Waals surface area contributed by atoms with Crippen LogP contribution in [0.25, 0.3) is 0 Å². The number of benzene rings is 2. The molecule has 0 bridgehead atoms. The maximum atomic E-state index is 13.0. The highest BCUT2D eigenvalue weighted by Crippen LogP contribution is 2.28. The summed E-state index contributed by atoms with van der Waals surface area (Å²) in [5.41, 5.74) is 1.68. The largest absolute Gasteiger partial charge is 0.340 e. The van der Waals surface area contributed by atoms with Crippen LogP contribution in [0.15, 0.2) is 53.4 Å². The second-order valence-electron chi connectivity index (χ2n) is 7.93. The Morgan fingerprint density at radius 1 is 1.03 bits per heavy atom. The highest BCUT2D eigenvalue weighted by Gasteiger charge is 2.39. The van der Waals surface area contributed by atoms with Gasteiger partial charge in [-0.15, -0.1) is 0 Å². The normalized spacial score (nSPS) is 20.3. The summed E-state index contributed by atoms with van der Waals surface area (Å²) in [6, 6.07) is 13.8. The molecule has 0 saturated carbocycles. The molecular formula is C22H24ClN3O4S. The Bertz CT molecular complexity index is 1100. The number of piperazine rings is 1. The first-order valence-electron chi connectivity index (χ1n) is 10.2. The Labute approximate surface area is 187 Å². The summed E-state index contributed by atoms with van der Waals surface area (Å²) in [6.45, 7) is 3.31. The van der Waals surface area contributed by atoms with Crippen LogP contribution in [0.4, 0.5) is 5.69 Å². The molecule has 2 aromatic rings. The number of rotatable bonds is 4. The number of anilines is 1. The van der Waals surface area contributed by atoms with Crippen LogP contribution in [0.1, 0.15) is 12.0 Å². The zero-order valence-electron chi connectivity index (χ0n) is 17.2. The maximum absolute atomic E-state index is 13.0. The molecule has 0 unspecified atom stereocenters. The Balaban J connectivity index is 1.38. The van der Waals surface area contributed by atoms with Gasteiger partial charge in [-0.05, 0) is 37.3 Å². The number of hydrogen-bond donors (Lipinski definition) is 0. The van der Waals surface area contributed by atoms with Gasteiger partial charge in [-0.2, -0.15) is 4.31 Å². The molecule has 2 fully saturated rings. The first kappa shape index (κ1) is 21.8. The average molecular weight is 462 g/mol. The molecule has 2 amide bonds. The monoisotopic (exact) mass is 461 g/mol. The van der Waals surface area contributed by atoms with E-state index in [1.54, 1.807) is 58.3 Å². The quantitative estimate of drug-likeness (QED) is 0.701. The van der Waals surface area contributed by atoms with Crippen LogP contribution in [0, 0.1) is 12.8 Å². The number of carbonyl (C=O) groups excluding carboxylic acids is 2. The molecule has 2 aromatic carbocycles. The van der Waals surface area contributed by atoms with Crippen LogP contribution in [-0.4, -0.2) is 62.2 Å². The summed E-state index contributed by atoms with van der Waals surface area (Å²) < 4.78 is 27.1. The second-order valence-corrected chi connectivity index (χ2v) is 10.3. The van der Waals surface area contributed by atoms with Crippen LogP contribution in [0.2, 0.25) is 5.02 Å². The van der Waals surface area contributed by atoms with Crippen molar-refractivity contribution < 1.29 is 18.0 Å². The molecule has 0 N–H and O–H groups in total. The molecule has 0 aliphatic carbocycles. The lowest BCUT2D eigenvalue weighted by atomic mass is 10.1. The van der Waals surface area contributed by atoms with E-state index in [1.807, 2.05) is 6.92 Å². The van der Waals surface area contributed by atoms with E-state index in [0.717, 1.165) is 5.56 Å². The van der Waals surface area contributed by atoms with Crippen molar-refractivity contribution in [2.45, 2.75) is 18.2 Å². The molecule has 0 spiro atoms. The molecule has 0 aromatic heterocycles. The van der Waals surface area contributed by atoms with Crippen molar-refractivity contribution in [3.05, 3.63) is 59.1 Å². The minimum Gasteiger partial charge on any atom is -0.340 e. The SMILES string of the molecule is Cc1ccc(S(=O)(=O)N2CCN(C(=O)[C@H]3CC(=O)N(c4cccc(Cl)c4)C3)CC2)cc1. The zero-order chi connectivity index (χ0) is 22.2. The third kappa shape index (κ3) is 4.46. The van der Waals surface area contributed by atoms with E-state index >= 15 is 0 Å². The van der Waals surface area contributed by atoms with Gasteiger partial charge in [0.2, 0.25) is 21.8 Å². The fourth-order valence-corrected chi connectivity index (χ4v) is 5.64. The molecule has 2 saturated heterocycles. The van der Waals surface area contributed by atoms with E-state index in [-0.39, 0.29) is 36.2 Å². The van der Waals surface area contributed by atoms with Crippen LogP contribution in [-0.2, 0) is 19.6 Å². The van der Waals surface area contributed by atoms with Crippen molar-refractivity contribution in [2.75, 3.05) is 37.6 Å². The van der Waals surface area contributed by atoms with E-state index in [9.17, 15) is 18.0 Å². The summed E-state index contributed by atoms with van der Waals surface area (Å²) in [5, 5.41) is 0.533. The van der Waals surface area contributed by atoms with Crippen molar-refractivity contribution >= 4 is 39.1 Å². The molecule has 2 heterocycles. The summed E-state index contributed by atoms with van der Waals surface area (Å²) in [4.78, 5) is 29.0. The van der Waals surface area contributed by atoms with Gasteiger partial charge in [-0.25, -0.2) is 8.42 Å². The van der Waals surface area contributed by atoms with E-state index in [2.05, 4.69) is 0 Å². The van der Waals surface area contributed by atoms with Gasteiger partial charge in [0, 0.05) is 49.9 Å². The van der Waals surface area contributed by atoms with E-state index in [0.29, 0.717) is 30.3 Å². The highest BCUT2D eigenvalue weighted by molar-refractivity contribution is 7.89. The summed E-state index contributed by atoms with van der Waals surface area (Å²) in [5.74, 6) is -0.654. The number of sulfonamides is 1. The Kier molecular flexibility index (Phi) is 6.05. The molecule has 7 nitrogen and oxygen atoms in total. The van der Waals surface area contributed by atoms with Gasteiger partial charge in [0.25, 0.3) is 0 Å². The van der Waals surface area contributed by atoms with Crippen molar-refractivity contribution in [1.82, 2.24) is 9.21 Å². The molecule has 2 aliphatic heterocycles. The minimum atomic E-state index is -3.58. The van der Waals surface area contributed by atoms with E-state index in [1.165, 1.54) is 4.31 Å². The lowest BCUT2D eigenvalue weighted by Gasteiger charge is -2.35. The predicted molar refractivity (Wildman–Crippen MR) is 118 cm³/mol. The number of aryl methyl sites for hydroxylation is 1. The van der Waals surface area contributed by atoms with E-state index in [4.69, 9.17) is 11.6 Å². The highest BCUT2D eigenvalue weighted by atomic mass is 35.5. The standard InChI is InChI=1S/C22H24ClN3O4S/c1-16-5-7-20(8-6-16)31(29,30)25-11-9-24(10-12-25)22(28)17-13-21(27)26(15-17)19-4-2-3-18(23)14-19/h2-8,14,17H,9-13,15H2,1H3/t17-/m0/s1. The van der Waals surface area contributed by atoms with Gasteiger partial charge in [0.1, 0.15) is 0 Å². The van der Waals surface area contributed by atoms with Crippen LogP contribution >= 0.6 is 11.6 Å². The Morgan fingerprint density at radius 3 is 2.35 bits per heavy atom. The van der Waals surface area contributed by atoms with Gasteiger partial charge < -0.3 is 9.80 Å². The third-order valence-corrected chi connectivity index (χ3v) is 7.95. The minimum absolute atomic E-state index is 0.106. The number of amides is 2. The first-order valence-corrected chi connectivity index (χ1v) is 12.0. The van der Waals surface area contributed by atoms with E-state index < -0.39 is 15.9 Å². The average Bonchev–Trinajstić information content (AvgIpc) is 3.15. The topological polar surface area (TPSA) is 78.0 Å². The van der Waals surface area contributed by atoms with Crippen LogP contribution < -0.4 is 4.90 Å². The second kappa shape index (κ2) is 8.61. The summed E-state index contributed by atoms with van der Waals surface area (Å²) in [7, 11) is -3.58. The van der Waals surface area contributed by atoms with Gasteiger partial charge in [0.15, 0.2) is 0 Å². The number of carbonyl (C=O) groups is 2. The lowest BCUT2D eigenvalue weighted by Crippen LogP contribution is -2.52. The fraction of sp³-hybridized carbons (Fsp3) is 0.364. The molecule has 2 aliphatic rings. The van der Waals surface area contributed by atoms with Gasteiger partial charge in [-0.1, -0.05) is 35.4 Å². The Morgan fingerprint density at radius 2 is 1.71 bits per heavy atom. The molecule has 4 rings (SSSR count). The summed E-state index contributed by atoms with van der Waals surface area (Å²) in [6.07, 6.45) is 0.146. The van der Waals surface area contributed by atoms with Crippen LogP contribution in [0.3, 0.4) is 0 Å². The Hall–Kier alpha value is -2.42. The van der Waals surface area contributed by atoms with Gasteiger partial charge >= 0.3 is 0 Å². The van der Waals surface area contributed by atoms with Gasteiger partial charge in [-0.3, -0.25) is 9.59 Å². The first-order chi connectivity index (χ1) is 14.8. The molecule has 164 valence electrons. The molecule has 31 heavy (non-hydrogen) atoms. The molecule has 9 heteroatoms. The van der Waals surface area contributed by atoms with Crippen molar-refractivity contribution in [2.24, 2.45) is 5.92 Å². The smallest absolute Gasteiger partial charge is 0.243 e. The molecular weight excluding hydrogens is 438 g/mol. The van der Waals surface area contributed by atoms with Crippen molar-refractivity contribution in [1.29, 1.82) is 0 Å². The number of halogens is 1. The van der Waals surface area contributed by atoms with Crippen LogP contribution in [0.5, 0.6) is 0 Å². The number of nitrogens with zero attached hydrogens (tertiary/aromatic N) is 3. The zero-order valence-corrected chi connectivity index (χ0v) is 18.8. The molecule has 0 radical (unpaired) electrons. The van der Waals surface area contributed by atoms with Crippen molar-refractivity contribution in [3.63, 3.8) is 0 Å². The molecule has 1 atom stereocenters. The lowest BCUT2D eigenvalue weighted by molar-refractivity contribution is -0.136. The number of hydrogen-bond acceptors (Lipinski definition) is 4. The van der Waals surface area contributed by atoms with Gasteiger partial charge in [0.05, 0.1) is 10.8 Å². The van der Waals surface area contributed by atoms with Crippen molar-refractivity contribution in [3.8, 4) is 0 Å². The third-order valence-electron chi connectivity index (χ3n) is 5.80.